The molecule has 2 N–H and O–H groups in total. The molecule has 21 heavy (non-hydrogen) atoms. The molecule has 0 bridgehead atoms. The number of fused-ring (bicyclic) bond motifs is 1. The van der Waals surface area contributed by atoms with E-state index in [1.54, 1.807) is 13.2 Å². The van der Waals surface area contributed by atoms with Crippen molar-refractivity contribution in [2.24, 2.45) is 0 Å². The minimum atomic E-state index is -0.200. The van der Waals surface area contributed by atoms with Crippen molar-refractivity contribution < 1.29 is 9.47 Å². The molecule has 5 nitrogen and oxygen atoms in total. The monoisotopic (exact) mass is 285 g/mol. The van der Waals surface area contributed by atoms with Crippen molar-refractivity contribution in [2.75, 3.05) is 12.8 Å². The average Bonchev–Trinajstić information content (AvgIpc) is 2.71. The van der Waals surface area contributed by atoms with Crippen molar-refractivity contribution in [2.45, 2.75) is 32.5 Å². The van der Waals surface area contributed by atoms with Gasteiger partial charge in [-0.15, -0.1) is 0 Å². The van der Waals surface area contributed by atoms with Gasteiger partial charge in [-0.05, 0) is 25.5 Å². The summed E-state index contributed by atoms with van der Waals surface area (Å²) in [7, 11) is 1.63. The molecule has 0 saturated heterocycles. The SMILES string of the molecule is COCc1cc(N)nc(-c2cccc3c2OC(C)(C)C3)n1. The van der Waals surface area contributed by atoms with Crippen LogP contribution in [0.25, 0.3) is 11.4 Å². The molecule has 0 fully saturated rings. The van der Waals surface area contributed by atoms with Crippen molar-refractivity contribution >= 4 is 5.82 Å². The molecule has 2 heterocycles. The summed E-state index contributed by atoms with van der Waals surface area (Å²) in [6.45, 7) is 4.56. The van der Waals surface area contributed by atoms with E-state index >= 15 is 0 Å². The van der Waals surface area contributed by atoms with Crippen molar-refractivity contribution in [1.29, 1.82) is 0 Å². The fourth-order valence-electron chi connectivity index (χ4n) is 2.65. The zero-order valence-corrected chi connectivity index (χ0v) is 12.5. The van der Waals surface area contributed by atoms with E-state index in [0.717, 1.165) is 23.4 Å². The Bertz CT molecular complexity index is 683. The Labute approximate surface area is 124 Å². The van der Waals surface area contributed by atoms with Gasteiger partial charge in [-0.3, -0.25) is 0 Å². The predicted molar refractivity (Wildman–Crippen MR) is 81.0 cm³/mol. The lowest BCUT2D eigenvalue weighted by atomic mass is 10.0. The fourth-order valence-corrected chi connectivity index (χ4v) is 2.65. The molecule has 1 aliphatic heterocycles. The number of benzene rings is 1. The smallest absolute Gasteiger partial charge is 0.165 e. The molecule has 3 rings (SSSR count). The Hall–Kier alpha value is -2.14. The Balaban J connectivity index is 2.09. The summed E-state index contributed by atoms with van der Waals surface area (Å²) in [6.07, 6.45) is 0.878. The maximum absolute atomic E-state index is 6.07. The molecule has 1 aromatic heterocycles. The number of nitrogen functional groups attached to an aromatic ring is 1. The highest BCUT2D eigenvalue weighted by Crippen LogP contribution is 2.41. The molecular weight excluding hydrogens is 266 g/mol. The van der Waals surface area contributed by atoms with E-state index in [4.69, 9.17) is 15.2 Å². The van der Waals surface area contributed by atoms with E-state index in [1.165, 1.54) is 5.56 Å². The van der Waals surface area contributed by atoms with Gasteiger partial charge in [0, 0.05) is 19.6 Å². The Morgan fingerprint density at radius 2 is 2.14 bits per heavy atom. The van der Waals surface area contributed by atoms with Crippen LogP contribution in [0.3, 0.4) is 0 Å². The number of anilines is 1. The molecule has 0 spiro atoms. The van der Waals surface area contributed by atoms with E-state index in [1.807, 2.05) is 12.1 Å². The molecule has 110 valence electrons. The maximum Gasteiger partial charge on any atom is 0.165 e. The van der Waals surface area contributed by atoms with Crippen LogP contribution in [0.5, 0.6) is 5.75 Å². The minimum Gasteiger partial charge on any atom is -0.486 e. The number of rotatable bonds is 3. The first kappa shape index (κ1) is 13.8. The molecule has 0 unspecified atom stereocenters. The number of nitrogens with two attached hydrogens (primary N) is 1. The van der Waals surface area contributed by atoms with Crippen LogP contribution in [0.15, 0.2) is 24.3 Å². The predicted octanol–water partition coefficient (Wildman–Crippen LogP) is 2.59. The van der Waals surface area contributed by atoms with Crippen LogP contribution in [-0.4, -0.2) is 22.7 Å². The number of hydrogen-bond donors (Lipinski definition) is 1. The van der Waals surface area contributed by atoms with Crippen molar-refractivity contribution in [3.05, 3.63) is 35.5 Å². The third-order valence-corrected chi connectivity index (χ3v) is 3.42. The molecule has 5 heteroatoms. The van der Waals surface area contributed by atoms with E-state index in [2.05, 4.69) is 29.9 Å². The largest absolute Gasteiger partial charge is 0.486 e. The number of nitrogens with zero attached hydrogens (tertiary/aromatic N) is 2. The van der Waals surface area contributed by atoms with Gasteiger partial charge in [-0.1, -0.05) is 12.1 Å². The van der Waals surface area contributed by atoms with E-state index in [0.29, 0.717) is 18.2 Å². The van der Waals surface area contributed by atoms with Gasteiger partial charge >= 0.3 is 0 Å². The van der Waals surface area contributed by atoms with Crippen molar-refractivity contribution in [3.63, 3.8) is 0 Å². The summed E-state index contributed by atoms with van der Waals surface area (Å²) in [4.78, 5) is 8.87. The van der Waals surface area contributed by atoms with E-state index in [-0.39, 0.29) is 5.60 Å². The summed E-state index contributed by atoms with van der Waals surface area (Å²) >= 11 is 0. The second-order valence-electron chi connectivity index (χ2n) is 5.87. The molecule has 0 saturated carbocycles. The molecule has 0 aliphatic carbocycles. The second-order valence-corrected chi connectivity index (χ2v) is 5.87. The van der Waals surface area contributed by atoms with Gasteiger partial charge in [0.25, 0.3) is 0 Å². The van der Waals surface area contributed by atoms with Crippen LogP contribution in [-0.2, 0) is 17.8 Å². The first-order chi connectivity index (χ1) is 9.98. The van der Waals surface area contributed by atoms with Crippen molar-refractivity contribution in [3.8, 4) is 17.1 Å². The van der Waals surface area contributed by atoms with Gasteiger partial charge in [-0.2, -0.15) is 0 Å². The Morgan fingerprint density at radius 3 is 2.90 bits per heavy atom. The van der Waals surface area contributed by atoms with E-state index in [9.17, 15) is 0 Å². The first-order valence-corrected chi connectivity index (χ1v) is 6.92. The number of hydrogen-bond acceptors (Lipinski definition) is 5. The van der Waals surface area contributed by atoms with Gasteiger partial charge in [0.05, 0.1) is 17.9 Å². The number of ether oxygens (including phenoxy) is 2. The van der Waals surface area contributed by atoms with Crippen LogP contribution < -0.4 is 10.5 Å². The maximum atomic E-state index is 6.07. The summed E-state index contributed by atoms with van der Waals surface area (Å²) in [5, 5.41) is 0. The van der Waals surface area contributed by atoms with Gasteiger partial charge in [0.1, 0.15) is 17.2 Å². The van der Waals surface area contributed by atoms with Gasteiger partial charge in [0.15, 0.2) is 5.82 Å². The molecular formula is C16H19N3O2. The van der Waals surface area contributed by atoms with Gasteiger partial charge < -0.3 is 15.2 Å². The summed E-state index contributed by atoms with van der Waals surface area (Å²) < 4.78 is 11.2. The quantitative estimate of drug-likeness (QED) is 0.938. The Morgan fingerprint density at radius 1 is 1.33 bits per heavy atom. The molecule has 0 radical (unpaired) electrons. The normalized spacial score (nSPS) is 15.6. The zero-order valence-electron chi connectivity index (χ0n) is 12.5. The van der Waals surface area contributed by atoms with E-state index < -0.39 is 0 Å². The van der Waals surface area contributed by atoms with Crippen LogP contribution in [0.2, 0.25) is 0 Å². The van der Waals surface area contributed by atoms with Crippen LogP contribution >= 0.6 is 0 Å². The second kappa shape index (κ2) is 5.00. The summed E-state index contributed by atoms with van der Waals surface area (Å²) in [5.41, 5.74) is 8.49. The minimum absolute atomic E-state index is 0.200. The van der Waals surface area contributed by atoms with Gasteiger partial charge in [0.2, 0.25) is 0 Å². The lowest BCUT2D eigenvalue weighted by molar-refractivity contribution is 0.139. The standard InChI is InChI=1S/C16H19N3O2/c1-16(2)8-10-5-4-6-12(14(10)21-16)15-18-11(9-20-3)7-13(17)19-15/h4-7H,8-9H2,1-3H3,(H2,17,18,19). The van der Waals surface area contributed by atoms with Crippen LogP contribution in [0.4, 0.5) is 5.82 Å². The highest BCUT2D eigenvalue weighted by atomic mass is 16.5. The molecule has 1 aromatic carbocycles. The molecule has 2 aromatic rings. The van der Waals surface area contributed by atoms with Crippen LogP contribution in [0, 0.1) is 0 Å². The lowest BCUT2D eigenvalue weighted by Crippen LogP contribution is -2.24. The van der Waals surface area contributed by atoms with Gasteiger partial charge in [-0.25, -0.2) is 9.97 Å². The number of para-hydroxylation sites is 1. The third-order valence-electron chi connectivity index (χ3n) is 3.42. The highest BCUT2D eigenvalue weighted by Gasteiger charge is 2.32. The average molecular weight is 285 g/mol. The zero-order chi connectivity index (χ0) is 15.0. The topological polar surface area (TPSA) is 70.3 Å². The summed E-state index contributed by atoms with van der Waals surface area (Å²) in [5.74, 6) is 1.87. The molecule has 0 amide bonds. The molecule has 0 atom stereocenters. The third kappa shape index (κ3) is 2.69. The lowest BCUT2D eigenvalue weighted by Gasteiger charge is -2.18. The number of aromatic nitrogens is 2. The highest BCUT2D eigenvalue weighted by molar-refractivity contribution is 5.69. The first-order valence-electron chi connectivity index (χ1n) is 6.92. The summed E-state index contributed by atoms with van der Waals surface area (Å²) in [6, 6.07) is 7.77. The number of methoxy groups -OCH3 is 1. The van der Waals surface area contributed by atoms with Crippen molar-refractivity contribution in [1.82, 2.24) is 9.97 Å². The molecule has 1 aliphatic rings. The van der Waals surface area contributed by atoms with Crippen LogP contribution in [0.1, 0.15) is 25.1 Å². The fraction of sp³-hybridized carbons (Fsp3) is 0.375. The Kier molecular flexibility index (Phi) is 3.29.